The third-order valence-electron chi connectivity index (χ3n) is 5.63. The third-order valence-corrected chi connectivity index (χ3v) is 5.63. The van der Waals surface area contributed by atoms with Crippen LogP contribution in [0.2, 0.25) is 0 Å². The lowest BCUT2D eigenvalue weighted by Crippen LogP contribution is -2.50. The van der Waals surface area contributed by atoms with E-state index in [9.17, 15) is 19.5 Å². The number of rotatable bonds is 4. The largest absolute Gasteiger partial charge is 0.481 e. The summed E-state index contributed by atoms with van der Waals surface area (Å²) in [6, 6.07) is 0. The van der Waals surface area contributed by atoms with Gasteiger partial charge in [-0.05, 0) is 31.6 Å². The van der Waals surface area contributed by atoms with E-state index in [0.717, 1.165) is 25.7 Å². The molecule has 3 aliphatic rings. The molecule has 2 atom stereocenters. The number of carboxylic acid groups (broad SMARTS) is 1. The molecule has 0 aromatic carbocycles. The van der Waals surface area contributed by atoms with Gasteiger partial charge in [-0.25, -0.2) is 0 Å². The zero-order chi connectivity index (χ0) is 14.5. The zero-order valence-electron chi connectivity index (χ0n) is 11.8. The number of carboxylic acids is 1. The van der Waals surface area contributed by atoms with Crippen LogP contribution in [0.15, 0.2) is 0 Å². The summed E-state index contributed by atoms with van der Waals surface area (Å²) in [4.78, 5) is 37.5. The Kier molecular flexibility index (Phi) is 3.10. The van der Waals surface area contributed by atoms with Gasteiger partial charge in [0, 0.05) is 6.54 Å². The standard InChI is InChI=1S/C15H21NO4/c1-2-9-6-10-11(7-9)13(18)16(12(10)17)8-15(14(19)20)4-3-5-15/h9-11H,2-8H2,1H3,(H,19,20). The number of fused-ring (bicyclic) bond motifs is 1. The molecule has 1 N–H and O–H groups in total. The highest BCUT2D eigenvalue weighted by Crippen LogP contribution is 2.47. The van der Waals surface area contributed by atoms with Crippen molar-refractivity contribution in [2.45, 2.75) is 45.4 Å². The highest BCUT2D eigenvalue weighted by atomic mass is 16.4. The van der Waals surface area contributed by atoms with Crippen LogP contribution in [0.5, 0.6) is 0 Å². The summed E-state index contributed by atoms with van der Waals surface area (Å²) >= 11 is 0. The van der Waals surface area contributed by atoms with Crippen molar-refractivity contribution in [3.8, 4) is 0 Å². The highest BCUT2D eigenvalue weighted by molar-refractivity contribution is 6.05. The van der Waals surface area contributed by atoms with E-state index in [2.05, 4.69) is 6.92 Å². The Morgan fingerprint density at radius 1 is 1.25 bits per heavy atom. The summed E-state index contributed by atoms with van der Waals surface area (Å²) in [6.45, 7) is 2.18. The Bertz CT molecular complexity index is 444. The molecule has 5 heteroatoms. The fourth-order valence-electron chi connectivity index (χ4n) is 4.03. The predicted molar refractivity (Wildman–Crippen MR) is 70.6 cm³/mol. The summed E-state index contributed by atoms with van der Waals surface area (Å²) in [5, 5.41) is 9.35. The maximum Gasteiger partial charge on any atom is 0.311 e. The molecule has 2 aliphatic carbocycles. The van der Waals surface area contributed by atoms with E-state index < -0.39 is 11.4 Å². The third kappa shape index (κ3) is 1.79. The van der Waals surface area contributed by atoms with E-state index in [1.807, 2.05) is 0 Å². The second kappa shape index (κ2) is 4.57. The molecular formula is C15H21NO4. The van der Waals surface area contributed by atoms with Crippen LogP contribution < -0.4 is 0 Å². The number of amides is 2. The molecule has 1 aliphatic heterocycles. The van der Waals surface area contributed by atoms with Crippen LogP contribution in [-0.2, 0) is 14.4 Å². The van der Waals surface area contributed by atoms with Crippen molar-refractivity contribution in [2.75, 3.05) is 6.54 Å². The van der Waals surface area contributed by atoms with Crippen molar-refractivity contribution in [1.82, 2.24) is 4.90 Å². The highest BCUT2D eigenvalue weighted by Gasteiger charge is 2.56. The number of hydrogen-bond acceptors (Lipinski definition) is 3. The maximum absolute atomic E-state index is 12.4. The molecule has 5 nitrogen and oxygen atoms in total. The molecule has 20 heavy (non-hydrogen) atoms. The first-order chi connectivity index (χ1) is 9.48. The zero-order valence-corrected chi connectivity index (χ0v) is 11.8. The number of nitrogens with zero attached hydrogens (tertiary/aromatic N) is 1. The average Bonchev–Trinajstić information content (AvgIpc) is 2.87. The van der Waals surface area contributed by atoms with Gasteiger partial charge in [-0.1, -0.05) is 19.8 Å². The number of likely N-dealkylation sites (tertiary alicyclic amines) is 1. The van der Waals surface area contributed by atoms with Crippen molar-refractivity contribution in [1.29, 1.82) is 0 Å². The lowest BCUT2D eigenvalue weighted by Gasteiger charge is -2.40. The Morgan fingerprint density at radius 3 is 2.15 bits per heavy atom. The van der Waals surface area contributed by atoms with Crippen molar-refractivity contribution in [2.24, 2.45) is 23.2 Å². The summed E-state index contributed by atoms with van der Waals surface area (Å²) in [5.41, 5.74) is -0.867. The second-order valence-electron chi connectivity index (χ2n) is 6.66. The quantitative estimate of drug-likeness (QED) is 0.794. The number of aliphatic carboxylic acids is 1. The van der Waals surface area contributed by atoms with Crippen LogP contribution >= 0.6 is 0 Å². The summed E-state index contributed by atoms with van der Waals surface area (Å²) in [5.74, 6) is -1.01. The van der Waals surface area contributed by atoms with Crippen LogP contribution in [0.4, 0.5) is 0 Å². The van der Waals surface area contributed by atoms with Gasteiger partial charge in [-0.3, -0.25) is 19.3 Å². The van der Waals surface area contributed by atoms with E-state index in [1.165, 1.54) is 4.90 Å². The molecule has 1 heterocycles. The van der Waals surface area contributed by atoms with E-state index in [-0.39, 0.29) is 30.2 Å². The van der Waals surface area contributed by atoms with Crippen molar-refractivity contribution >= 4 is 17.8 Å². The Hall–Kier alpha value is -1.39. The molecule has 2 amide bonds. The molecule has 3 rings (SSSR count). The molecule has 0 bridgehead atoms. The van der Waals surface area contributed by atoms with Crippen LogP contribution in [0.3, 0.4) is 0 Å². The molecule has 0 radical (unpaired) electrons. The maximum atomic E-state index is 12.4. The topological polar surface area (TPSA) is 74.7 Å². The van der Waals surface area contributed by atoms with Crippen LogP contribution in [0, 0.1) is 23.2 Å². The van der Waals surface area contributed by atoms with E-state index in [4.69, 9.17) is 0 Å². The minimum absolute atomic E-state index is 0.0871. The molecule has 3 fully saturated rings. The SMILES string of the molecule is CCC1CC2C(=O)N(CC3(C(=O)O)CCC3)C(=O)C2C1. The molecule has 2 saturated carbocycles. The Balaban J connectivity index is 1.75. The smallest absolute Gasteiger partial charge is 0.311 e. The van der Waals surface area contributed by atoms with Gasteiger partial charge < -0.3 is 5.11 Å². The van der Waals surface area contributed by atoms with Crippen LogP contribution in [0.1, 0.15) is 45.4 Å². The van der Waals surface area contributed by atoms with Gasteiger partial charge in [0.1, 0.15) is 0 Å². The van der Waals surface area contributed by atoms with Crippen LogP contribution in [0.25, 0.3) is 0 Å². The fourth-order valence-corrected chi connectivity index (χ4v) is 4.03. The van der Waals surface area contributed by atoms with Gasteiger partial charge in [0.05, 0.1) is 17.3 Å². The molecule has 2 unspecified atom stereocenters. The Morgan fingerprint density at radius 2 is 1.80 bits per heavy atom. The lowest BCUT2D eigenvalue weighted by atomic mass is 9.68. The first-order valence-corrected chi connectivity index (χ1v) is 7.57. The summed E-state index contributed by atoms with van der Waals surface area (Å²) < 4.78 is 0. The minimum atomic E-state index is -0.868. The molecular weight excluding hydrogens is 258 g/mol. The number of imide groups is 1. The fraction of sp³-hybridized carbons (Fsp3) is 0.800. The molecule has 1 saturated heterocycles. The predicted octanol–water partition coefficient (Wildman–Crippen LogP) is 1.66. The monoisotopic (exact) mass is 279 g/mol. The van der Waals surface area contributed by atoms with Crippen molar-refractivity contribution < 1.29 is 19.5 Å². The van der Waals surface area contributed by atoms with Crippen molar-refractivity contribution in [3.63, 3.8) is 0 Å². The number of carbonyl (C=O) groups is 3. The second-order valence-corrected chi connectivity index (χ2v) is 6.66. The number of hydrogen-bond donors (Lipinski definition) is 1. The average molecular weight is 279 g/mol. The van der Waals surface area contributed by atoms with E-state index in [0.29, 0.717) is 18.8 Å². The van der Waals surface area contributed by atoms with Gasteiger partial charge in [-0.15, -0.1) is 0 Å². The molecule has 0 spiro atoms. The van der Waals surface area contributed by atoms with E-state index >= 15 is 0 Å². The molecule has 0 aromatic rings. The van der Waals surface area contributed by atoms with Gasteiger partial charge in [-0.2, -0.15) is 0 Å². The Labute approximate surface area is 118 Å². The summed E-state index contributed by atoms with van der Waals surface area (Å²) in [6.07, 6.45) is 4.61. The lowest BCUT2D eigenvalue weighted by molar-refractivity contribution is -0.159. The molecule has 0 aromatic heterocycles. The molecule has 110 valence electrons. The first-order valence-electron chi connectivity index (χ1n) is 7.57. The summed E-state index contributed by atoms with van der Waals surface area (Å²) in [7, 11) is 0. The first kappa shape index (κ1) is 13.6. The normalized spacial score (nSPS) is 35.0. The minimum Gasteiger partial charge on any atom is -0.481 e. The van der Waals surface area contributed by atoms with Crippen molar-refractivity contribution in [3.05, 3.63) is 0 Å². The van der Waals surface area contributed by atoms with Crippen LogP contribution in [-0.4, -0.2) is 34.3 Å². The van der Waals surface area contributed by atoms with Gasteiger partial charge in [0.2, 0.25) is 11.8 Å². The van der Waals surface area contributed by atoms with Gasteiger partial charge in [0.25, 0.3) is 0 Å². The number of carbonyl (C=O) groups excluding carboxylic acids is 2. The van der Waals surface area contributed by atoms with Gasteiger partial charge in [0.15, 0.2) is 0 Å². The van der Waals surface area contributed by atoms with Gasteiger partial charge >= 0.3 is 5.97 Å². The van der Waals surface area contributed by atoms with E-state index in [1.54, 1.807) is 0 Å².